The van der Waals surface area contributed by atoms with Crippen molar-refractivity contribution in [1.82, 2.24) is 20.3 Å². The summed E-state index contributed by atoms with van der Waals surface area (Å²) in [5, 5.41) is 17.9. The van der Waals surface area contributed by atoms with Crippen LogP contribution in [0, 0.1) is 11.8 Å². The zero-order chi connectivity index (χ0) is 23.2. The molecular formula is C22H27ClN6O4. The van der Waals surface area contributed by atoms with Crippen LogP contribution in [0.25, 0.3) is 11.3 Å². The largest absolute Gasteiger partial charge is 0.465 e. The Hall–Kier alpha value is -2.98. The maximum absolute atomic E-state index is 12.7. The van der Waals surface area contributed by atoms with E-state index in [0.717, 1.165) is 32.6 Å². The van der Waals surface area contributed by atoms with Crippen LogP contribution >= 0.6 is 11.6 Å². The Morgan fingerprint density at radius 3 is 2.73 bits per heavy atom. The summed E-state index contributed by atoms with van der Waals surface area (Å²) in [5.74, 6) is 1.08. The molecule has 11 heteroatoms. The SMILES string of the molecule is O=C(O)N[C@@H]1CC[C@H](C(=O)Nc2cc(-c3cncc(NCC4CCOCC4)n3)c(Cl)cn2)C1. The number of nitrogens with one attached hydrogen (secondary N) is 3. The Bertz CT molecular complexity index is 1000. The van der Waals surface area contributed by atoms with Crippen molar-refractivity contribution in [1.29, 1.82) is 0 Å². The maximum Gasteiger partial charge on any atom is 0.404 e. The van der Waals surface area contributed by atoms with Gasteiger partial charge in [0.1, 0.15) is 11.6 Å². The van der Waals surface area contributed by atoms with E-state index in [-0.39, 0.29) is 17.9 Å². The van der Waals surface area contributed by atoms with E-state index in [4.69, 9.17) is 21.4 Å². The highest BCUT2D eigenvalue weighted by Crippen LogP contribution is 2.30. The zero-order valence-electron chi connectivity index (χ0n) is 18.1. The normalized spacial score (nSPS) is 20.9. The smallest absolute Gasteiger partial charge is 0.404 e. The van der Waals surface area contributed by atoms with E-state index in [1.165, 1.54) is 6.20 Å². The molecule has 1 aliphatic heterocycles. The van der Waals surface area contributed by atoms with Crippen molar-refractivity contribution in [3.63, 3.8) is 0 Å². The molecule has 2 atom stereocenters. The van der Waals surface area contributed by atoms with E-state index in [0.29, 0.717) is 53.1 Å². The molecule has 0 bridgehead atoms. The Morgan fingerprint density at radius 1 is 1.12 bits per heavy atom. The predicted octanol–water partition coefficient (Wildman–Crippen LogP) is 3.41. The first kappa shape index (κ1) is 23.2. The van der Waals surface area contributed by atoms with Crippen molar-refractivity contribution in [2.24, 2.45) is 11.8 Å². The van der Waals surface area contributed by atoms with Crippen molar-refractivity contribution in [3.8, 4) is 11.3 Å². The second-order valence-electron chi connectivity index (χ2n) is 8.42. The minimum Gasteiger partial charge on any atom is -0.465 e. The standard InChI is InChI=1S/C22H27ClN6O4/c23-17-10-26-19(29-21(30)14-1-2-15(7-14)27-22(31)32)8-16(17)18-11-24-12-20(28-18)25-9-13-3-5-33-6-4-13/h8,10-15,27H,1-7,9H2,(H,25,28)(H,31,32)(H,26,29,30)/t14-,15+/m0/s1. The lowest BCUT2D eigenvalue weighted by Crippen LogP contribution is -2.32. The molecule has 33 heavy (non-hydrogen) atoms. The molecule has 2 aliphatic rings. The Kier molecular flexibility index (Phi) is 7.56. The van der Waals surface area contributed by atoms with Gasteiger partial charge in [0.2, 0.25) is 5.91 Å². The molecule has 1 aliphatic carbocycles. The molecule has 0 aromatic carbocycles. The molecule has 0 radical (unpaired) electrons. The number of hydrogen-bond acceptors (Lipinski definition) is 7. The van der Waals surface area contributed by atoms with Gasteiger partial charge in [-0.25, -0.2) is 14.8 Å². The maximum atomic E-state index is 12.7. The van der Waals surface area contributed by atoms with Gasteiger partial charge < -0.3 is 25.8 Å². The topological polar surface area (TPSA) is 138 Å². The minimum absolute atomic E-state index is 0.191. The molecule has 2 aromatic rings. The number of pyridine rings is 1. The third kappa shape index (κ3) is 6.29. The van der Waals surface area contributed by atoms with Crippen molar-refractivity contribution >= 4 is 35.2 Å². The average molecular weight is 475 g/mol. The van der Waals surface area contributed by atoms with Crippen molar-refractivity contribution in [2.45, 2.75) is 38.1 Å². The summed E-state index contributed by atoms with van der Waals surface area (Å²) < 4.78 is 5.40. The third-order valence-corrected chi connectivity index (χ3v) is 6.36. The van der Waals surface area contributed by atoms with E-state index >= 15 is 0 Å². The number of anilines is 2. The molecular weight excluding hydrogens is 448 g/mol. The highest BCUT2D eigenvalue weighted by atomic mass is 35.5. The number of hydrogen-bond donors (Lipinski definition) is 4. The highest BCUT2D eigenvalue weighted by molar-refractivity contribution is 6.33. The molecule has 10 nitrogen and oxygen atoms in total. The van der Waals surface area contributed by atoms with Crippen molar-refractivity contribution in [3.05, 3.63) is 29.7 Å². The third-order valence-electron chi connectivity index (χ3n) is 6.06. The van der Waals surface area contributed by atoms with E-state index in [1.54, 1.807) is 18.5 Å². The number of aromatic nitrogens is 3. The molecule has 2 aromatic heterocycles. The van der Waals surface area contributed by atoms with Crippen LogP contribution in [0.5, 0.6) is 0 Å². The lowest BCUT2D eigenvalue weighted by Gasteiger charge is -2.22. The van der Waals surface area contributed by atoms with E-state index < -0.39 is 6.09 Å². The molecule has 0 unspecified atom stereocenters. The van der Waals surface area contributed by atoms with Crippen LogP contribution in [-0.2, 0) is 9.53 Å². The van der Waals surface area contributed by atoms with E-state index in [9.17, 15) is 9.59 Å². The van der Waals surface area contributed by atoms with Gasteiger partial charge in [-0.3, -0.25) is 9.78 Å². The van der Waals surface area contributed by atoms with Crippen LogP contribution in [0.15, 0.2) is 24.7 Å². The second kappa shape index (κ2) is 10.8. The van der Waals surface area contributed by atoms with Gasteiger partial charge in [0, 0.05) is 43.5 Å². The molecule has 176 valence electrons. The Balaban J connectivity index is 1.41. The van der Waals surface area contributed by atoms with Crippen molar-refractivity contribution < 1.29 is 19.4 Å². The van der Waals surface area contributed by atoms with Crippen LogP contribution in [-0.4, -0.2) is 57.9 Å². The summed E-state index contributed by atoms with van der Waals surface area (Å²) in [6.07, 6.45) is 7.44. The fraction of sp³-hybridized carbons (Fsp3) is 0.500. The number of halogens is 1. The van der Waals surface area contributed by atoms with Crippen LogP contribution < -0.4 is 16.0 Å². The summed E-state index contributed by atoms with van der Waals surface area (Å²) >= 11 is 6.37. The highest BCUT2D eigenvalue weighted by Gasteiger charge is 2.31. The Morgan fingerprint density at radius 2 is 1.94 bits per heavy atom. The second-order valence-corrected chi connectivity index (χ2v) is 8.83. The van der Waals surface area contributed by atoms with Gasteiger partial charge in [0.05, 0.1) is 23.1 Å². The fourth-order valence-corrected chi connectivity index (χ4v) is 4.44. The van der Waals surface area contributed by atoms with Gasteiger partial charge in [-0.05, 0) is 44.1 Å². The monoisotopic (exact) mass is 474 g/mol. The van der Waals surface area contributed by atoms with Gasteiger partial charge in [-0.15, -0.1) is 0 Å². The summed E-state index contributed by atoms with van der Waals surface area (Å²) in [5.41, 5.74) is 1.18. The number of nitrogens with zero attached hydrogens (tertiary/aromatic N) is 3. The van der Waals surface area contributed by atoms with E-state index in [2.05, 4.69) is 30.9 Å². The minimum atomic E-state index is -1.07. The number of carboxylic acid groups (broad SMARTS) is 1. The van der Waals surface area contributed by atoms with Crippen LogP contribution in [0.2, 0.25) is 5.02 Å². The van der Waals surface area contributed by atoms with Crippen LogP contribution in [0.1, 0.15) is 32.1 Å². The molecule has 2 amide bonds. The quantitative estimate of drug-likeness (QED) is 0.479. The first-order valence-electron chi connectivity index (χ1n) is 11.1. The number of carbonyl (C=O) groups excluding carboxylic acids is 1. The summed E-state index contributed by atoms with van der Waals surface area (Å²) in [6, 6.07) is 1.47. The van der Waals surface area contributed by atoms with Gasteiger partial charge in [0.25, 0.3) is 0 Å². The molecule has 1 saturated heterocycles. The van der Waals surface area contributed by atoms with Gasteiger partial charge in [-0.2, -0.15) is 0 Å². The number of ether oxygens (including phenoxy) is 1. The lowest BCUT2D eigenvalue weighted by molar-refractivity contribution is -0.119. The molecule has 3 heterocycles. The van der Waals surface area contributed by atoms with Gasteiger partial charge in [-0.1, -0.05) is 11.6 Å². The van der Waals surface area contributed by atoms with Crippen LogP contribution in [0.4, 0.5) is 16.4 Å². The molecule has 2 fully saturated rings. The van der Waals surface area contributed by atoms with Crippen molar-refractivity contribution in [2.75, 3.05) is 30.4 Å². The summed E-state index contributed by atoms with van der Waals surface area (Å²) in [4.78, 5) is 36.6. The summed E-state index contributed by atoms with van der Waals surface area (Å²) in [7, 11) is 0. The summed E-state index contributed by atoms with van der Waals surface area (Å²) in [6.45, 7) is 2.37. The Labute approximate surface area is 196 Å². The lowest BCUT2D eigenvalue weighted by atomic mass is 10.0. The molecule has 4 N–H and O–H groups in total. The van der Waals surface area contributed by atoms with Gasteiger partial charge >= 0.3 is 6.09 Å². The van der Waals surface area contributed by atoms with Gasteiger partial charge in [0.15, 0.2) is 0 Å². The first-order chi connectivity index (χ1) is 16.0. The number of rotatable bonds is 7. The molecule has 4 rings (SSSR count). The van der Waals surface area contributed by atoms with E-state index in [1.807, 2.05) is 0 Å². The fourth-order valence-electron chi connectivity index (χ4n) is 4.24. The first-order valence-corrected chi connectivity index (χ1v) is 11.5. The van der Waals surface area contributed by atoms with Crippen LogP contribution in [0.3, 0.4) is 0 Å². The molecule has 0 spiro atoms. The zero-order valence-corrected chi connectivity index (χ0v) is 18.8. The number of amides is 2. The number of carbonyl (C=O) groups is 2. The predicted molar refractivity (Wildman–Crippen MR) is 123 cm³/mol. The molecule has 1 saturated carbocycles. The average Bonchev–Trinajstić information content (AvgIpc) is 3.28.